The van der Waals surface area contributed by atoms with Gasteiger partial charge in [0, 0.05) is 23.0 Å². The summed E-state index contributed by atoms with van der Waals surface area (Å²) in [5.74, 6) is 2.41. The molecule has 0 aliphatic heterocycles. The van der Waals surface area contributed by atoms with Gasteiger partial charge in [-0.15, -0.1) is 0 Å². The number of hydrogen-bond donors (Lipinski definition) is 1. The van der Waals surface area contributed by atoms with Gasteiger partial charge in [-0.1, -0.05) is 28.1 Å². The summed E-state index contributed by atoms with van der Waals surface area (Å²) >= 11 is 3.39. The Bertz CT molecular complexity index is 1190. The maximum atomic E-state index is 12.4. The molecule has 0 fully saturated rings. The molecule has 0 aliphatic rings. The number of para-hydroxylation sites is 2. The van der Waals surface area contributed by atoms with Crippen LogP contribution in [0, 0.1) is 0 Å². The number of fused-ring (bicyclic) bond motifs is 1. The summed E-state index contributed by atoms with van der Waals surface area (Å²) in [7, 11) is 1.64. The fourth-order valence-electron chi connectivity index (χ4n) is 3.48. The Hall–Kier alpha value is -3.32. The first-order valence-electron chi connectivity index (χ1n) is 10.4. The molecule has 1 heterocycles. The van der Waals surface area contributed by atoms with Crippen LogP contribution >= 0.6 is 15.9 Å². The zero-order valence-electron chi connectivity index (χ0n) is 17.8. The summed E-state index contributed by atoms with van der Waals surface area (Å²) in [5.41, 5.74) is 2.63. The Kier molecular flexibility index (Phi) is 7.07. The number of halogens is 1. The number of carbonyl (C=O) groups is 1. The monoisotopic (exact) mass is 493 g/mol. The van der Waals surface area contributed by atoms with Crippen LogP contribution < -0.4 is 14.8 Å². The van der Waals surface area contributed by atoms with E-state index in [1.54, 1.807) is 19.2 Å². The van der Waals surface area contributed by atoms with Crippen molar-refractivity contribution in [2.24, 2.45) is 0 Å². The van der Waals surface area contributed by atoms with Crippen molar-refractivity contribution >= 4 is 32.9 Å². The number of nitrogens with zero attached hydrogens (tertiary/aromatic N) is 2. The molecule has 1 amide bonds. The molecule has 0 bridgehead atoms. The summed E-state index contributed by atoms with van der Waals surface area (Å²) < 4.78 is 14.2. The molecule has 4 aromatic rings. The topological polar surface area (TPSA) is 65.4 Å². The lowest BCUT2D eigenvalue weighted by molar-refractivity contribution is 0.0954. The number of amides is 1. The Morgan fingerprint density at radius 2 is 1.72 bits per heavy atom. The highest BCUT2D eigenvalue weighted by molar-refractivity contribution is 9.10. The van der Waals surface area contributed by atoms with E-state index in [1.165, 1.54) is 0 Å². The molecule has 0 saturated carbocycles. The summed E-state index contributed by atoms with van der Waals surface area (Å²) in [6, 6.07) is 22.9. The predicted octanol–water partition coefficient (Wildman–Crippen LogP) is 4.86. The zero-order chi connectivity index (χ0) is 22.3. The van der Waals surface area contributed by atoms with E-state index < -0.39 is 0 Å². The molecule has 0 radical (unpaired) electrons. The first-order valence-corrected chi connectivity index (χ1v) is 11.2. The van der Waals surface area contributed by atoms with Crippen molar-refractivity contribution in [3.8, 4) is 11.5 Å². The molecule has 1 N–H and O–H groups in total. The normalized spacial score (nSPS) is 10.8. The number of carbonyl (C=O) groups excluding carboxylic acids is 1. The highest BCUT2D eigenvalue weighted by Crippen LogP contribution is 2.19. The van der Waals surface area contributed by atoms with Crippen molar-refractivity contribution in [2.75, 3.05) is 20.3 Å². The standard InChI is InChI=1S/C25H24BrN3O3/c1-31-20-10-12-21(13-11-20)32-17-16-29-23-5-3-2-4-22(23)28-24(29)14-15-27-25(30)18-6-8-19(26)9-7-18/h2-13H,14-17H2,1H3,(H,27,30). The van der Waals surface area contributed by atoms with Crippen LogP contribution in [0.2, 0.25) is 0 Å². The van der Waals surface area contributed by atoms with Gasteiger partial charge in [-0.2, -0.15) is 0 Å². The number of nitrogens with one attached hydrogen (secondary N) is 1. The molecule has 0 saturated heterocycles. The maximum Gasteiger partial charge on any atom is 0.251 e. The van der Waals surface area contributed by atoms with Gasteiger partial charge in [-0.25, -0.2) is 4.98 Å². The second-order valence-electron chi connectivity index (χ2n) is 7.21. The van der Waals surface area contributed by atoms with Crippen molar-refractivity contribution in [2.45, 2.75) is 13.0 Å². The van der Waals surface area contributed by atoms with Gasteiger partial charge >= 0.3 is 0 Å². The minimum atomic E-state index is -0.0944. The van der Waals surface area contributed by atoms with Crippen LogP contribution in [0.25, 0.3) is 11.0 Å². The van der Waals surface area contributed by atoms with Gasteiger partial charge in [0.25, 0.3) is 5.91 Å². The average molecular weight is 494 g/mol. The largest absolute Gasteiger partial charge is 0.497 e. The molecule has 3 aromatic carbocycles. The lowest BCUT2D eigenvalue weighted by Crippen LogP contribution is -2.26. The van der Waals surface area contributed by atoms with Gasteiger partial charge in [0.05, 0.1) is 24.7 Å². The van der Waals surface area contributed by atoms with E-state index >= 15 is 0 Å². The van der Waals surface area contributed by atoms with Crippen LogP contribution in [0.15, 0.2) is 77.3 Å². The van der Waals surface area contributed by atoms with Crippen LogP contribution in [0.3, 0.4) is 0 Å². The zero-order valence-corrected chi connectivity index (χ0v) is 19.3. The molecule has 0 unspecified atom stereocenters. The lowest BCUT2D eigenvalue weighted by atomic mass is 10.2. The smallest absolute Gasteiger partial charge is 0.251 e. The highest BCUT2D eigenvalue weighted by Gasteiger charge is 2.12. The molecule has 1 aromatic heterocycles. The van der Waals surface area contributed by atoms with Gasteiger partial charge in [-0.3, -0.25) is 4.79 Å². The van der Waals surface area contributed by atoms with Crippen LogP contribution in [0.4, 0.5) is 0 Å². The Labute approximate surface area is 195 Å². The summed E-state index contributed by atoms with van der Waals surface area (Å²) in [4.78, 5) is 17.2. The van der Waals surface area contributed by atoms with E-state index in [2.05, 4.69) is 31.9 Å². The maximum absolute atomic E-state index is 12.4. The predicted molar refractivity (Wildman–Crippen MR) is 128 cm³/mol. The van der Waals surface area contributed by atoms with E-state index in [0.717, 1.165) is 32.8 Å². The quantitative estimate of drug-likeness (QED) is 0.361. The molecule has 4 rings (SSSR count). The number of aromatic nitrogens is 2. The molecule has 7 heteroatoms. The second-order valence-corrected chi connectivity index (χ2v) is 8.12. The van der Waals surface area contributed by atoms with Gasteiger partial charge < -0.3 is 19.4 Å². The molecule has 6 nitrogen and oxygen atoms in total. The van der Waals surface area contributed by atoms with Crippen molar-refractivity contribution in [1.82, 2.24) is 14.9 Å². The van der Waals surface area contributed by atoms with E-state index in [1.807, 2.05) is 54.6 Å². The molecular formula is C25H24BrN3O3. The van der Waals surface area contributed by atoms with Crippen LogP contribution in [-0.2, 0) is 13.0 Å². The number of benzene rings is 3. The van der Waals surface area contributed by atoms with E-state index in [9.17, 15) is 4.79 Å². The van der Waals surface area contributed by atoms with E-state index in [-0.39, 0.29) is 5.91 Å². The van der Waals surface area contributed by atoms with E-state index in [4.69, 9.17) is 14.5 Å². The average Bonchev–Trinajstić information content (AvgIpc) is 3.17. The first kappa shape index (κ1) is 21.9. The van der Waals surface area contributed by atoms with Gasteiger partial charge in [0.2, 0.25) is 0 Å². The Morgan fingerprint density at radius 1 is 1.00 bits per heavy atom. The number of rotatable bonds is 9. The van der Waals surface area contributed by atoms with Crippen molar-refractivity contribution in [1.29, 1.82) is 0 Å². The van der Waals surface area contributed by atoms with Gasteiger partial charge in [-0.05, 0) is 60.7 Å². The Balaban J connectivity index is 1.40. The highest BCUT2D eigenvalue weighted by atomic mass is 79.9. The molecule has 0 spiro atoms. The molecule has 32 heavy (non-hydrogen) atoms. The Morgan fingerprint density at radius 3 is 2.47 bits per heavy atom. The number of hydrogen-bond acceptors (Lipinski definition) is 4. The minimum absolute atomic E-state index is 0.0944. The summed E-state index contributed by atoms with van der Waals surface area (Å²) in [6.45, 7) is 1.66. The van der Waals surface area contributed by atoms with Crippen LogP contribution in [0.5, 0.6) is 11.5 Å². The number of imidazole rings is 1. The molecule has 0 aliphatic carbocycles. The fraction of sp³-hybridized carbons (Fsp3) is 0.200. The van der Waals surface area contributed by atoms with E-state index in [0.29, 0.717) is 31.7 Å². The minimum Gasteiger partial charge on any atom is -0.497 e. The summed E-state index contributed by atoms with van der Waals surface area (Å²) in [6.07, 6.45) is 0.624. The number of methoxy groups -OCH3 is 1. The second kappa shape index (κ2) is 10.3. The van der Waals surface area contributed by atoms with Crippen molar-refractivity contribution < 1.29 is 14.3 Å². The van der Waals surface area contributed by atoms with Crippen molar-refractivity contribution in [3.05, 3.63) is 88.7 Å². The van der Waals surface area contributed by atoms with Crippen LogP contribution in [-0.4, -0.2) is 35.7 Å². The lowest BCUT2D eigenvalue weighted by Gasteiger charge is -2.12. The van der Waals surface area contributed by atoms with Crippen molar-refractivity contribution in [3.63, 3.8) is 0 Å². The third-order valence-electron chi connectivity index (χ3n) is 5.12. The molecule has 164 valence electrons. The first-order chi connectivity index (χ1) is 15.6. The van der Waals surface area contributed by atoms with Gasteiger partial charge in [0.1, 0.15) is 23.9 Å². The molecule has 0 atom stereocenters. The third-order valence-corrected chi connectivity index (χ3v) is 5.65. The van der Waals surface area contributed by atoms with Crippen LogP contribution in [0.1, 0.15) is 16.2 Å². The van der Waals surface area contributed by atoms with Gasteiger partial charge in [0.15, 0.2) is 0 Å². The fourth-order valence-corrected chi connectivity index (χ4v) is 3.75. The number of ether oxygens (including phenoxy) is 2. The summed E-state index contributed by atoms with van der Waals surface area (Å²) in [5, 5.41) is 2.98. The third kappa shape index (κ3) is 5.29. The molecular weight excluding hydrogens is 470 g/mol. The SMILES string of the molecule is COc1ccc(OCCn2c(CCNC(=O)c3ccc(Br)cc3)nc3ccccc32)cc1.